The van der Waals surface area contributed by atoms with Crippen molar-refractivity contribution < 1.29 is 20.1 Å². The molecule has 0 heterocycles. The van der Waals surface area contributed by atoms with Crippen molar-refractivity contribution in [1.82, 2.24) is 5.32 Å². The number of nitrogens with one attached hydrogen (secondary N) is 1. The van der Waals surface area contributed by atoms with Gasteiger partial charge < -0.3 is 20.6 Å². The second-order valence-electron chi connectivity index (χ2n) is 19.5. The Balaban J connectivity index is 3.49. The molecule has 3 atom stereocenters. The minimum Gasteiger partial charge on any atom is -0.394 e. The summed E-state index contributed by atoms with van der Waals surface area (Å²) >= 11 is 0. The van der Waals surface area contributed by atoms with Gasteiger partial charge in [-0.2, -0.15) is 0 Å². The Morgan fingerprint density at radius 1 is 0.406 bits per heavy atom. The van der Waals surface area contributed by atoms with E-state index in [1.165, 1.54) is 231 Å². The van der Waals surface area contributed by atoms with Gasteiger partial charge in [-0.25, -0.2) is 0 Å². The summed E-state index contributed by atoms with van der Waals surface area (Å²) < 4.78 is 0. The first-order valence-corrected chi connectivity index (χ1v) is 28.4. The first-order chi connectivity index (χ1) is 31.5. The van der Waals surface area contributed by atoms with E-state index in [9.17, 15) is 20.1 Å². The summed E-state index contributed by atoms with van der Waals surface area (Å²) in [6.45, 7) is 4.20. The number of unbranched alkanes of at least 4 members (excludes halogenated alkanes) is 37. The maximum Gasteiger partial charge on any atom is 0.222 e. The van der Waals surface area contributed by atoms with Gasteiger partial charge in [0, 0.05) is 0 Å². The molecular formula is C59H111NO4. The second kappa shape index (κ2) is 53.9. The van der Waals surface area contributed by atoms with Crippen molar-refractivity contribution in [3.8, 4) is 0 Å². The van der Waals surface area contributed by atoms with Crippen LogP contribution in [0, 0.1) is 0 Å². The molecule has 0 aliphatic carbocycles. The topological polar surface area (TPSA) is 89.8 Å². The van der Waals surface area contributed by atoms with E-state index in [1.807, 2.05) is 6.08 Å². The zero-order chi connectivity index (χ0) is 46.5. The maximum absolute atomic E-state index is 12.5. The fraction of sp³-hybridized carbons (Fsp3) is 0.847. The number of rotatable bonds is 52. The summed E-state index contributed by atoms with van der Waals surface area (Å²) in [4.78, 5) is 12.5. The number of hydrogen-bond acceptors (Lipinski definition) is 4. The van der Waals surface area contributed by atoms with E-state index in [0.717, 1.165) is 38.5 Å². The highest BCUT2D eigenvalue weighted by Crippen LogP contribution is 2.17. The second-order valence-corrected chi connectivity index (χ2v) is 19.5. The average molecular weight is 899 g/mol. The molecule has 0 aliphatic rings. The molecule has 3 unspecified atom stereocenters. The van der Waals surface area contributed by atoms with Crippen LogP contribution >= 0.6 is 0 Å². The van der Waals surface area contributed by atoms with Gasteiger partial charge in [-0.3, -0.25) is 4.79 Å². The first-order valence-electron chi connectivity index (χ1n) is 28.4. The lowest BCUT2D eigenvalue weighted by atomic mass is 10.0. The van der Waals surface area contributed by atoms with Gasteiger partial charge in [0.1, 0.15) is 0 Å². The molecule has 0 rings (SSSR count). The number of carbonyl (C=O) groups excluding carboxylic acids is 1. The highest BCUT2D eigenvalue weighted by Gasteiger charge is 2.20. The fourth-order valence-corrected chi connectivity index (χ4v) is 8.74. The standard InChI is InChI=1S/C59H111NO4/c1-3-5-7-9-11-13-15-17-18-19-20-21-22-23-24-25-26-27-28-29-30-31-32-33-34-35-36-37-38-39-40-41-42-44-46-48-50-52-56(62)54-59(64)60-57(55-61)58(63)53-51-49-47-45-43-16-14-12-10-8-6-4-2/h26-27,29-30,43,45,51,53,56-58,61-63H,3-25,28,31-42,44,46-50,52,54-55H2,1-2H3,(H,60,64)/b27-26-,30-29-,45-43+,53-51+. The van der Waals surface area contributed by atoms with Gasteiger partial charge in [-0.15, -0.1) is 0 Å². The van der Waals surface area contributed by atoms with Gasteiger partial charge in [0.2, 0.25) is 5.91 Å². The molecule has 5 nitrogen and oxygen atoms in total. The van der Waals surface area contributed by atoms with E-state index in [0.29, 0.717) is 6.42 Å². The molecule has 0 aromatic rings. The molecule has 4 N–H and O–H groups in total. The monoisotopic (exact) mass is 898 g/mol. The zero-order valence-electron chi connectivity index (χ0n) is 42.9. The van der Waals surface area contributed by atoms with Crippen LogP contribution in [-0.4, -0.2) is 46.1 Å². The summed E-state index contributed by atoms with van der Waals surface area (Å²) in [5.41, 5.74) is 0. The fourth-order valence-electron chi connectivity index (χ4n) is 8.74. The van der Waals surface area contributed by atoms with Crippen molar-refractivity contribution in [2.24, 2.45) is 0 Å². The van der Waals surface area contributed by atoms with Crippen LogP contribution in [0.2, 0.25) is 0 Å². The Morgan fingerprint density at radius 2 is 0.719 bits per heavy atom. The Labute approximate surface area is 399 Å². The third kappa shape index (κ3) is 49.7. The maximum atomic E-state index is 12.5. The lowest BCUT2D eigenvalue weighted by molar-refractivity contribution is -0.124. The molecule has 5 heteroatoms. The van der Waals surface area contributed by atoms with E-state index >= 15 is 0 Å². The van der Waals surface area contributed by atoms with Crippen LogP contribution in [0.5, 0.6) is 0 Å². The Bertz CT molecular complexity index is 1040. The SMILES string of the molecule is CCCCCCCC/C=C/CC/C=C/C(O)C(CO)NC(=O)CC(O)CCCCCCCCCCCCCCCCC/C=C\C/C=C\CCCCCCCCCCCCCCCCC. The van der Waals surface area contributed by atoms with Gasteiger partial charge in [0.25, 0.3) is 0 Å². The molecule has 0 bridgehead atoms. The van der Waals surface area contributed by atoms with Gasteiger partial charge in [-0.05, 0) is 64.2 Å². The Hall–Kier alpha value is -1.69. The van der Waals surface area contributed by atoms with E-state index < -0.39 is 18.2 Å². The molecule has 0 spiro atoms. The van der Waals surface area contributed by atoms with Crippen LogP contribution in [-0.2, 0) is 4.79 Å². The number of aliphatic hydroxyl groups excluding tert-OH is 3. The lowest BCUT2D eigenvalue weighted by Crippen LogP contribution is -2.45. The van der Waals surface area contributed by atoms with Crippen LogP contribution < -0.4 is 5.32 Å². The number of allylic oxidation sites excluding steroid dienone is 7. The molecule has 0 saturated heterocycles. The molecule has 0 aromatic heterocycles. The Kier molecular flexibility index (Phi) is 52.5. The van der Waals surface area contributed by atoms with Crippen LogP contribution in [0.1, 0.15) is 296 Å². The van der Waals surface area contributed by atoms with E-state index in [2.05, 4.69) is 55.6 Å². The Morgan fingerprint density at radius 3 is 1.09 bits per heavy atom. The predicted molar refractivity (Wildman–Crippen MR) is 282 cm³/mol. The summed E-state index contributed by atoms with van der Waals surface area (Å²) in [5, 5.41) is 33.3. The van der Waals surface area contributed by atoms with Crippen LogP contribution in [0.25, 0.3) is 0 Å². The number of aliphatic hydroxyl groups is 3. The predicted octanol–water partition coefficient (Wildman–Crippen LogP) is 17.6. The summed E-state index contributed by atoms with van der Waals surface area (Å²) in [7, 11) is 0. The zero-order valence-corrected chi connectivity index (χ0v) is 42.9. The molecule has 0 radical (unpaired) electrons. The van der Waals surface area contributed by atoms with Crippen molar-refractivity contribution in [2.75, 3.05) is 6.61 Å². The molecule has 0 aromatic carbocycles. The van der Waals surface area contributed by atoms with Gasteiger partial charge in [-0.1, -0.05) is 274 Å². The molecule has 376 valence electrons. The minimum atomic E-state index is -0.951. The largest absolute Gasteiger partial charge is 0.394 e. The van der Waals surface area contributed by atoms with E-state index in [-0.39, 0.29) is 18.9 Å². The van der Waals surface area contributed by atoms with Crippen molar-refractivity contribution in [3.63, 3.8) is 0 Å². The lowest BCUT2D eigenvalue weighted by Gasteiger charge is -2.21. The van der Waals surface area contributed by atoms with Crippen LogP contribution in [0.3, 0.4) is 0 Å². The number of carbonyl (C=O) groups is 1. The third-order valence-corrected chi connectivity index (χ3v) is 13.1. The molecule has 0 fully saturated rings. The number of hydrogen-bond donors (Lipinski definition) is 4. The minimum absolute atomic E-state index is 0.00576. The molecular weight excluding hydrogens is 787 g/mol. The van der Waals surface area contributed by atoms with Crippen molar-refractivity contribution >= 4 is 5.91 Å². The average Bonchev–Trinajstić information content (AvgIpc) is 3.29. The van der Waals surface area contributed by atoms with Crippen molar-refractivity contribution in [3.05, 3.63) is 48.6 Å². The van der Waals surface area contributed by atoms with Crippen LogP contribution in [0.4, 0.5) is 0 Å². The summed E-state index contributed by atoms with van der Waals surface area (Å²) in [6.07, 6.45) is 71.8. The first kappa shape index (κ1) is 62.3. The number of amides is 1. The summed E-state index contributed by atoms with van der Waals surface area (Å²) in [6, 6.07) is -0.761. The highest BCUT2D eigenvalue weighted by atomic mass is 16.3. The van der Waals surface area contributed by atoms with Crippen molar-refractivity contribution in [1.29, 1.82) is 0 Å². The van der Waals surface area contributed by atoms with E-state index in [1.54, 1.807) is 6.08 Å². The van der Waals surface area contributed by atoms with E-state index in [4.69, 9.17) is 0 Å². The molecule has 1 amide bonds. The van der Waals surface area contributed by atoms with Crippen molar-refractivity contribution in [2.45, 2.75) is 315 Å². The highest BCUT2D eigenvalue weighted by molar-refractivity contribution is 5.76. The smallest absolute Gasteiger partial charge is 0.222 e. The van der Waals surface area contributed by atoms with Crippen LogP contribution in [0.15, 0.2) is 48.6 Å². The van der Waals surface area contributed by atoms with Gasteiger partial charge >= 0.3 is 0 Å². The van der Waals surface area contributed by atoms with Gasteiger partial charge in [0.15, 0.2) is 0 Å². The quantitative estimate of drug-likeness (QED) is 0.0362. The molecule has 0 saturated carbocycles. The molecule has 64 heavy (non-hydrogen) atoms. The third-order valence-electron chi connectivity index (χ3n) is 13.1. The summed E-state index contributed by atoms with van der Waals surface area (Å²) in [5.74, 6) is -0.325. The molecule has 0 aliphatic heterocycles. The normalized spacial score (nSPS) is 13.6. The van der Waals surface area contributed by atoms with Gasteiger partial charge in [0.05, 0.1) is 31.3 Å².